The van der Waals surface area contributed by atoms with Crippen molar-refractivity contribution in [2.45, 2.75) is 45.9 Å². The number of rotatable bonds is 8. The minimum absolute atomic E-state index is 0.170. The van der Waals surface area contributed by atoms with Gasteiger partial charge < -0.3 is 14.8 Å². The van der Waals surface area contributed by atoms with Crippen LogP contribution < -0.4 is 5.32 Å². The molecule has 0 radical (unpaired) electrons. The summed E-state index contributed by atoms with van der Waals surface area (Å²) in [5.74, 6) is -0.623. The van der Waals surface area contributed by atoms with Crippen LogP contribution in [0.2, 0.25) is 0 Å². The molecule has 0 saturated heterocycles. The van der Waals surface area contributed by atoms with Gasteiger partial charge in [0.25, 0.3) is 0 Å². The second-order valence-corrected chi connectivity index (χ2v) is 5.64. The highest BCUT2D eigenvalue weighted by molar-refractivity contribution is 5.81. The van der Waals surface area contributed by atoms with E-state index in [9.17, 15) is 9.59 Å². The SMILES string of the molecule is CNC(CC(C)C)C(=O)OC(C)C(=O)OCc1ccccc1. The van der Waals surface area contributed by atoms with E-state index < -0.39 is 24.1 Å². The van der Waals surface area contributed by atoms with Crippen LogP contribution >= 0.6 is 0 Å². The Balaban J connectivity index is 2.44. The van der Waals surface area contributed by atoms with Gasteiger partial charge >= 0.3 is 11.9 Å². The van der Waals surface area contributed by atoms with E-state index >= 15 is 0 Å². The normalized spacial score (nSPS) is 13.5. The lowest BCUT2D eigenvalue weighted by molar-refractivity contribution is -0.168. The molecule has 0 amide bonds. The average Bonchev–Trinajstić information content (AvgIpc) is 2.50. The number of esters is 2. The number of carbonyl (C=O) groups excluding carboxylic acids is 2. The first-order chi connectivity index (χ1) is 10.4. The Bertz CT molecular complexity index is 473. The fraction of sp³-hybridized carbons (Fsp3) is 0.529. The lowest BCUT2D eigenvalue weighted by Gasteiger charge is -2.19. The quantitative estimate of drug-likeness (QED) is 0.747. The van der Waals surface area contributed by atoms with Crippen LogP contribution in [0.3, 0.4) is 0 Å². The summed E-state index contributed by atoms with van der Waals surface area (Å²) in [6.45, 7) is 5.74. The maximum atomic E-state index is 12.0. The maximum Gasteiger partial charge on any atom is 0.347 e. The number of nitrogens with one attached hydrogen (secondary N) is 1. The molecule has 0 spiro atoms. The van der Waals surface area contributed by atoms with Crippen LogP contribution in [0.25, 0.3) is 0 Å². The van der Waals surface area contributed by atoms with Crippen molar-refractivity contribution in [3.8, 4) is 0 Å². The van der Waals surface area contributed by atoms with Gasteiger partial charge in [0, 0.05) is 0 Å². The zero-order chi connectivity index (χ0) is 16.5. The van der Waals surface area contributed by atoms with Gasteiger partial charge in [0.2, 0.25) is 0 Å². The number of hydrogen-bond acceptors (Lipinski definition) is 5. The molecule has 1 rings (SSSR count). The van der Waals surface area contributed by atoms with Crippen LogP contribution in [-0.2, 0) is 25.7 Å². The smallest absolute Gasteiger partial charge is 0.347 e. The van der Waals surface area contributed by atoms with Crippen molar-refractivity contribution >= 4 is 11.9 Å². The van der Waals surface area contributed by atoms with Crippen LogP contribution in [-0.4, -0.2) is 31.1 Å². The Kier molecular flexibility index (Phi) is 7.60. The standard InChI is InChI=1S/C17H25NO4/c1-12(2)10-15(18-4)17(20)22-13(3)16(19)21-11-14-8-6-5-7-9-14/h5-9,12-13,15,18H,10-11H2,1-4H3. The number of benzene rings is 1. The average molecular weight is 307 g/mol. The molecule has 1 aromatic carbocycles. The van der Waals surface area contributed by atoms with Crippen molar-refractivity contribution in [3.63, 3.8) is 0 Å². The Morgan fingerprint density at radius 1 is 1.09 bits per heavy atom. The van der Waals surface area contributed by atoms with Gasteiger partial charge in [-0.1, -0.05) is 44.2 Å². The van der Waals surface area contributed by atoms with Gasteiger partial charge in [0.1, 0.15) is 12.6 Å². The molecule has 0 aliphatic carbocycles. The summed E-state index contributed by atoms with van der Waals surface area (Å²) in [5, 5.41) is 2.91. The van der Waals surface area contributed by atoms with Crippen LogP contribution in [0.15, 0.2) is 30.3 Å². The van der Waals surface area contributed by atoms with Crippen molar-refractivity contribution < 1.29 is 19.1 Å². The van der Waals surface area contributed by atoms with Gasteiger partial charge in [-0.15, -0.1) is 0 Å². The maximum absolute atomic E-state index is 12.0. The van der Waals surface area contributed by atoms with Crippen molar-refractivity contribution in [1.82, 2.24) is 5.32 Å². The summed E-state index contributed by atoms with van der Waals surface area (Å²) in [5.41, 5.74) is 0.891. The molecule has 5 nitrogen and oxygen atoms in total. The summed E-state index contributed by atoms with van der Waals surface area (Å²) < 4.78 is 10.3. The zero-order valence-electron chi connectivity index (χ0n) is 13.7. The third-order valence-electron chi connectivity index (χ3n) is 3.19. The van der Waals surface area contributed by atoms with E-state index in [1.807, 2.05) is 44.2 Å². The second-order valence-electron chi connectivity index (χ2n) is 5.64. The molecule has 0 saturated carbocycles. The van der Waals surface area contributed by atoms with Crippen molar-refractivity contribution in [2.24, 2.45) is 5.92 Å². The molecule has 0 aliphatic heterocycles. The largest absolute Gasteiger partial charge is 0.458 e. The monoisotopic (exact) mass is 307 g/mol. The molecule has 0 fully saturated rings. The highest BCUT2D eigenvalue weighted by Gasteiger charge is 2.25. The van der Waals surface area contributed by atoms with E-state index in [1.165, 1.54) is 6.92 Å². The molecule has 2 atom stereocenters. The molecule has 22 heavy (non-hydrogen) atoms. The minimum Gasteiger partial charge on any atom is -0.458 e. The summed E-state index contributed by atoms with van der Waals surface area (Å²) in [4.78, 5) is 23.9. The van der Waals surface area contributed by atoms with Crippen LogP contribution in [0.1, 0.15) is 32.8 Å². The second kappa shape index (κ2) is 9.20. The molecular weight excluding hydrogens is 282 g/mol. The summed E-state index contributed by atoms with van der Waals surface area (Å²) in [7, 11) is 1.70. The fourth-order valence-electron chi connectivity index (χ4n) is 1.95. The third-order valence-corrected chi connectivity index (χ3v) is 3.19. The van der Waals surface area contributed by atoms with E-state index in [1.54, 1.807) is 7.05 Å². The first-order valence-electron chi connectivity index (χ1n) is 7.52. The van der Waals surface area contributed by atoms with Gasteiger partial charge in [-0.05, 0) is 31.9 Å². The van der Waals surface area contributed by atoms with E-state index in [2.05, 4.69) is 5.32 Å². The van der Waals surface area contributed by atoms with Crippen molar-refractivity contribution in [2.75, 3.05) is 7.05 Å². The molecule has 122 valence electrons. The fourth-order valence-corrected chi connectivity index (χ4v) is 1.95. The predicted octanol–water partition coefficient (Wildman–Crippen LogP) is 2.30. The number of likely N-dealkylation sites (N-methyl/N-ethyl adjacent to an activating group) is 1. The molecule has 0 aliphatic rings. The molecule has 2 unspecified atom stereocenters. The van der Waals surface area contributed by atoms with E-state index in [0.717, 1.165) is 5.56 Å². The summed E-state index contributed by atoms with van der Waals surface area (Å²) in [6.07, 6.45) is -0.263. The van der Waals surface area contributed by atoms with E-state index in [0.29, 0.717) is 12.3 Å². The molecule has 1 aromatic rings. The number of ether oxygens (including phenoxy) is 2. The Hall–Kier alpha value is -1.88. The summed E-state index contributed by atoms with van der Waals surface area (Å²) >= 11 is 0. The Labute approximate surface area is 132 Å². The van der Waals surface area contributed by atoms with Crippen LogP contribution in [0.4, 0.5) is 0 Å². The first kappa shape index (κ1) is 18.2. The Morgan fingerprint density at radius 2 is 1.73 bits per heavy atom. The predicted molar refractivity (Wildman–Crippen MR) is 84.1 cm³/mol. The van der Waals surface area contributed by atoms with Gasteiger partial charge in [-0.3, -0.25) is 4.79 Å². The molecular formula is C17H25NO4. The number of carbonyl (C=O) groups is 2. The van der Waals surface area contributed by atoms with Gasteiger partial charge in [0.05, 0.1) is 0 Å². The van der Waals surface area contributed by atoms with E-state index in [-0.39, 0.29) is 6.61 Å². The lowest BCUT2D eigenvalue weighted by Crippen LogP contribution is -2.39. The zero-order valence-corrected chi connectivity index (χ0v) is 13.7. The minimum atomic E-state index is -0.917. The molecule has 5 heteroatoms. The first-order valence-corrected chi connectivity index (χ1v) is 7.52. The van der Waals surface area contributed by atoms with Crippen molar-refractivity contribution in [1.29, 1.82) is 0 Å². The van der Waals surface area contributed by atoms with Crippen LogP contribution in [0.5, 0.6) is 0 Å². The lowest BCUT2D eigenvalue weighted by atomic mass is 10.0. The van der Waals surface area contributed by atoms with Crippen LogP contribution in [0, 0.1) is 5.92 Å². The van der Waals surface area contributed by atoms with Crippen molar-refractivity contribution in [3.05, 3.63) is 35.9 Å². The third kappa shape index (κ3) is 6.26. The highest BCUT2D eigenvalue weighted by Crippen LogP contribution is 2.09. The van der Waals surface area contributed by atoms with E-state index in [4.69, 9.17) is 9.47 Å². The van der Waals surface area contributed by atoms with Gasteiger partial charge in [0.15, 0.2) is 6.10 Å². The molecule has 0 bridgehead atoms. The topological polar surface area (TPSA) is 64.6 Å². The summed E-state index contributed by atoms with van der Waals surface area (Å²) in [6, 6.07) is 8.95. The number of hydrogen-bond donors (Lipinski definition) is 1. The molecule has 0 heterocycles. The molecule has 1 N–H and O–H groups in total. The highest BCUT2D eigenvalue weighted by atomic mass is 16.6. The Morgan fingerprint density at radius 3 is 2.27 bits per heavy atom. The molecule has 0 aromatic heterocycles. The van der Waals surface area contributed by atoms with Gasteiger partial charge in [-0.2, -0.15) is 0 Å². The van der Waals surface area contributed by atoms with Gasteiger partial charge in [-0.25, -0.2) is 4.79 Å².